The molecule has 1 aliphatic carbocycles. The van der Waals surface area contributed by atoms with Gasteiger partial charge in [0.1, 0.15) is 5.78 Å². The molecule has 0 heterocycles. The molecule has 1 fully saturated rings. The summed E-state index contributed by atoms with van der Waals surface area (Å²) in [5.74, 6) is 1.04. The molecule has 0 saturated heterocycles. The van der Waals surface area contributed by atoms with Crippen molar-refractivity contribution in [3.8, 4) is 0 Å². The fourth-order valence-corrected chi connectivity index (χ4v) is 3.04. The highest BCUT2D eigenvalue weighted by atomic mass is 16.1. The zero-order valence-electron chi connectivity index (χ0n) is 11.6. The van der Waals surface area contributed by atoms with E-state index in [0.29, 0.717) is 11.7 Å². The first-order chi connectivity index (χ1) is 8.59. The van der Waals surface area contributed by atoms with Crippen LogP contribution in [0.25, 0.3) is 0 Å². The second-order valence-corrected chi connectivity index (χ2v) is 5.59. The summed E-state index contributed by atoms with van der Waals surface area (Å²) in [7, 11) is 4.10. The van der Waals surface area contributed by atoms with Crippen molar-refractivity contribution >= 4 is 11.5 Å². The molecule has 0 spiro atoms. The predicted octanol–water partition coefficient (Wildman–Crippen LogP) is 3.62. The Kier molecular flexibility index (Phi) is 4.05. The van der Waals surface area contributed by atoms with Crippen molar-refractivity contribution in [2.24, 2.45) is 5.92 Å². The smallest absolute Gasteiger partial charge is 0.133 e. The Morgan fingerprint density at radius 2 is 1.72 bits per heavy atom. The lowest BCUT2D eigenvalue weighted by molar-refractivity contribution is -0.122. The summed E-state index contributed by atoms with van der Waals surface area (Å²) in [6, 6.07) is 8.70. The lowest BCUT2D eigenvalue weighted by atomic mass is 9.74. The van der Waals surface area contributed by atoms with Crippen LogP contribution in [0.3, 0.4) is 0 Å². The molecule has 98 valence electrons. The van der Waals surface area contributed by atoms with Crippen LogP contribution < -0.4 is 4.90 Å². The highest BCUT2D eigenvalue weighted by Gasteiger charge is 2.29. The van der Waals surface area contributed by atoms with Gasteiger partial charge in [0, 0.05) is 25.7 Å². The topological polar surface area (TPSA) is 20.3 Å². The first-order valence-corrected chi connectivity index (χ1v) is 6.87. The summed E-state index contributed by atoms with van der Waals surface area (Å²) in [6.45, 7) is 1.75. The fraction of sp³-hybridized carbons (Fsp3) is 0.562. The van der Waals surface area contributed by atoms with Gasteiger partial charge in [0.2, 0.25) is 0 Å². The molecular formula is C16H23NO. The summed E-state index contributed by atoms with van der Waals surface area (Å²) in [6.07, 6.45) is 4.68. The number of nitrogens with zero attached hydrogens (tertiary/aromatic N) is 1. The van der Waals surface area contributed by atoms with E-state index < -0.39 is 0 Å². The van der Waals surface area contributed by atoms with Crippen LogP contribution >= 0.6 is 0 Å². The van der Waals surface area contributed by atoms with E-state index in [1.54, 1.807) is 6.92 Å². The minimum absolute atomic E-state index is 0.240. The Bertz CT molecular complexity index is 408. The largest absolute Gasteiger partial charge is 0.378 e. The van der Waals surface area contributed by atoms with E-state index >= 15 is 0 Å². The normalized spacial score (nSPS) is 23.7. The van der Waals surface area contributed by atoms with E-state index in [1.807, 2.05) is 14.1 Å². The molecule has 18 heavy (non-hydrogen) atoms. The van der Waals surface area contributed by atoms with Crippen molar-refractivity contribution in [3.63, 3.8) is 0 Å². The lowest BCUT2D eigenvalue weighted by Crippen LogP contribution is -2.23. The average molecular weight is 245 g/mol. The summed E-state index contributed by atoms with van der Waals surface area (Å²) in [5, 5.41) is 0. The number of rotatable bonds is 3. The molecule has 2 rings (SSSR count). The summed E-state index contributed by atoms with van der Waals surface area (Å²) >= 11 is 0. The van der Waals surface area contributed by atoms with Crippen LogP contribution in [0, 0.1) is 5.92 Å². The zero-order valence-corrected chi connectivity index (χ0v) is 11.6. The van der Waals surface area contributed by atoms with Crippen molar-refractivity contribution < 1.29 is 4.79 Å². The van der Waals surface area contributed by atoms with Gasteiger partial charge in [-0.3, -0.25) is 4.79 Å². The Labute approximate surface area is 110 Å². The van der Waals surface area contributed by atoms with E-state index in [9.17, 15) is 4.79 Å². The predicted molar refractivity (Wildman–Crippen MR) is 76.1 cm³/mol. The molecule has 2 heteroatoms. The van der Waals surface area contributed by atoms with Gasteiger partial charge in [0.15, 0.2) is 0 Å². The van der Waals surface area contributed by atoms with E-state index in [-0.39, 0.29) is 5.92 Å². The van der Waals surface area contributed by atoms with Crippen molar-refractivity contribution in [3.05, 3.63) is 29.8 Å². The van der Waals surface area contributed by atoms with Gasteiger partial charge in [-0.05, 0) is 43.4 Å². The maximum Gasteiger partial charge on any atom is 0.133 e. The molecule has 0 bridgehead atoms. The highest BCUT2D eigenvalue weighted by molar-refractivity contribution is 5.79. The molecule has 2 unspecified atom stereocenters. The van der Waals surface area contributed by atoms with Gasteiger partial charge in [0.05, 0.1) is 0 Å². The summed E-state index contributed by atoms with van der Waals surface area (Å²) in [5.41, 5.74) is 2.55. The monoisotopic (exact) mass is 245 g/mol. The first kappa shape index (κ1) is 13.1. The third-order valence-electron chi connectivity index (χ3n) is 4.13. The van der Waals surface area contributed by atoms with Crippen LogP contribution in [0.4, 0.5) is 5.69 Å². The highest BCUT2D eigenvalue weighted by Crippen LogP contribution is 2.38. The van der Waals surface area contributed by atoms with E-state index in [0.717, 1.165) is 12.8 Å². The van der Waals surface area contributed by atoms with Crippen molar-refractivity contribution in [2.75, 3.05) is 19.0 Å². The van der Waals surface area contributed by atoms with Crippen molar-refractivity contribution in [1.82, 2.24) is 0 Å². The Balaban J connectivity index is 2.20. The summed E-state index contributed by atoms with van der Waals surface area (Å²) < 4.78 is 0. The molecule has 1 aromatic carbocycles. The first-order valence-electron chi connectivity index (χ1n) is 6.87. The number of carbonyl (C=O) groups is 1. The molecule has 0 amide bonds. The van der Waals surface area contributed by atoms with Crippen molar-refractivity contribution in [1.29, 1.82) is 0 Å². The maximum atomic E-state index is 11.7. The molecule has 2 atom stereocenters. The van der Waals surface area contributed by atoms with Gasteiger partial charge in [-0.15, -0.1) is 0 Å². The maximum absolute atomic E-state index is 11.7. The van der Waals surface area contributed by atoms with Crippen LogP contribution in [-0.2, 0) is 4.79 Å². The van der Waals surface area contributed by atoms with E-state index in [2.05, 4.69) is 29.2 Å². The number of carbonyl (C=O) groups excluding carboxylic acids is 1. The Hall–Kier alpha value is -1.31. The van der Waals surface area contributed by atoms with E-state index in [1.165, 1.54) is 24.1 Å². The van der Waals surface area contributed by atoms with Gasteiger partial charge in [-0.25, -0.2) is 0 Å². The van der Waals surface area contributed by atoms with E-state index in [4.69, 9.17) is 0 Å². The average Bonchev–Trinajstić information content (AvgIpc) is 2.39. The fourth-order valence-electron chi connectivity index (χ4n) is 3.04. The number of Topliss-reactive ketones (excluding diaryl/α,β-unsaturated/α-hetero) is 1. The van der Waals surface area contributed by atoms with Gasteiger partial charge in [-0.2, -0.15) is 0 Å². The molecule has 0 radical (unpaired) electrons. The van der Waals surface area contributed by atoms with Crippen LogP contribution in [0.1, 0.15) is 44.1 Å². The number of ketones is 1. The third-order valence-corrected chi connectivity index (χ3v) is 4.13. The molecule has 1 aromatic rings. The van der Waals surface area contributed by atoms with Crippen molar-refractivity contribution in [2.45, 2.75) is 38.5 Å². The second-order valence-electron chi connectivity index (χ2n) is 5.59. The van der Waals surface area contributed by atoms with Gasteiger partial charge < -0.3 is 4.90 Å². The molecule has 0 aliphatic heterocycles. The second kappa shape index (κ2) is 5.55. The Morgan fingerprint density at radius 3 is 2.28 bits per heavy atom. The van der Waals surface area contributed by atoms with Gasteiger partial charge in [0.25, 0.3) is 0 Å². The molecule has 0 N–H and O–H groups in total. The SMILES string of the molecule is CC(=O)C1CCCCC1c1ccc(N(C)C)cc1. The molecule has 1 aliphatic rings. The van der Waals surface area contributed by atoms with Crippen LogP contribution in [0.2, 0.25) is 0 Å². The van der Waals surface area contributed by atoms with Gasteiger partial charge >= 0.3 is 0 Å². The van der Waals surface area contributed by atoms with Crippen LogP contribution in [0.5, 0.6) is 0 Å². The third kappa shape index (κ3) is 2.74. The molecule has 1 saturated carbocycles. The standard InChI is InChI=1S/C16H23NO/c1-12(18)15-6-4-5-7-16(15)13-8-10-14(11-9-13)17(2)3/h8-11,15-16H,4-7H2,1-3H3. The number of benzene rings is 1. The zero-order chi connectivity index (χ0) is 13.1. The molecule has 0 aromatic heterocycles. The number of hydrogen-bond donors (Lipinski definition) is 0. The number of hydrogen-bond acceptors (Lipinski definition) is 2. The van der Waals surface area contributed by atoms with Crippen LogP contribution in [0.15, 0.2) is 24.3 Å². The molecule has 2 nitrogen and oxygen atoms in total. The van der Waals surface area contributed by atoms with Crippen LogP contribution in [-0.4, -0.2) is 19.9 Å². The summed E-state index contributed by atoms with van der Waals surface area (Å²) in [4.78, 5) is 13.9. The number of anilines is 1. The Morgan fingerprint density at radius 1 is 1.11 bits per heavy atom. The quantitative estimate of drug-likeness (QED) is 0.810. The van der Waals surface area contributed by atoms with Gasteiger partial charge in [-0.1, -0.05) is 25.0 Å². The molecular weight excluding hydrogens is 222 g/mol. The minimum atomic E-state index is 0.240. The minimum Gasteiger partial charge on any atom is -0.378 e. The lowest BCUT2D eigenvalue weighted by Gasteiger charge is -2.30.